The number of aliphatic hydroxyl groups excluding tert-OH is 1. The number of hydrogen-bond acceptors (Lipinski definition) is 3. The minimum absolute atomic E-state index is 0.0726. The van der Waals surface area contributed by atoms with E-state index in [0.29, 0.717) is 17.9 Å². The first kappa shape index (κ1) is 8.87. The zero-order valence-corrected chi connectivity index (χ0v) is 6.95. The number of para-hydroxylation sites is 1. The number of hydrogen-bond donors (Lipinski definition) is 2. The van der Waals surface area contributed by atoms with E-state index < -0.39 is 0 Å². The van der Waals surface area contributed by atoms with Gasteiger partial charge >= 0.3 is 0 Å². The van der Waals surface area contributed by atoms with E-state index in [4.69, 9.17) is 9.84 Å². The van der Waals surface area contributed by atoms with Crippen LogP contribution < -0.4 is 4.74 Å². The third-order valence-corrected chi connectivity index (χ3v) is 1.53. The molecule has 12 heavy (non-hydrogen) atoms. The van der Waals surface area contributed by atoms with E-state index in [1.165, 1.54) is 6.07 Å². The van der Waals surface area contributed by atoms with Gasteiger partial charge in [0.15, 0.2) is 11.5 Å². The van der Waals surface area contributed by atoms with E-state index in [1.54, 1.807) is 12.1 Å². The minimum atomic E-state index is -0.121. The summed E-state index contributed by atoms with van der Waals surface area (Å²) in [6, 6.07) is 4.91. The van der Waals surface area contributed by atoms with Crippen molar-refractivity contribution in [3.63, 3.8) is 0 Å². The Bertz CT molecular complexity index is 258. The molecule has 0 spiro atoms. The fourth-order valence-electron chi connectivity index (χ4n) is 1.01. The molecule has 1 aromatic rings. The van der Waals surface area contributed by atoms with E-state index >= 15 is 0 Å². The monoisotopic (exact) mass is 168 g/mol. The normalized spacial score (nSPS) is 9.83. The SMILES string of the molecule is CCOc1c(O)cccc1CO. The van der Waals surface area contributed by atoms with Crippen LogP contribution in [0.15, 0.2) is 18.2 Å². The molecule has 0 bridgehead atoms. The van der Waals surface area contributed by atoms with Crippen LogP contribution in [0.25, 0.3) is 0 Å². The van der Waals surface area contributed by atoms with Crippen LogP contribution in [0, 0.1) is 0 Å². The quantitative estimate of drug-likeness (QED) is 0.714. The van der Waals surface area contributed by atoms with Crippen molar-refractivity contribution >= 4 is 0 Å². The van der Waals surface area contributed by atoms with Crippen molar-refractivity contribution in [1.82, 2.24) is 0 Å². The van der Waals surface area contributed by atoms with Crippen LogP contribution in [-0.4, -0.2) is 16.8 Å². The number of aliphatic hydroxyl groups is 1. The summed E-state index contributed by atoms with van der Waals surface area (Å²) in [5, 5.41) is 18.2. The molecule has 0 saturated heterocycles. The second kappa shape index (κ2) is 3.97. The molecule has 0 unspecified atom stereocenters. The molecule has 3 nitrogen and oxygen atoms in total. The van der Waals surface area contributed by atoms with Gasteiger partial charge in [-0.1, -0.05) is 12.1 Å². The Kier molecular flexibility index (Phi) is 2.94. The van der Waals surface area contributed by atoms with Gasteiger partial charge < -0.3 is 14.9 Å². The summed E-state index contributed by atoms with van der Waals surface area (Å²) in [6.07, 6.45) is 0. The molecule has 0 heterocycles. The van der Waals surface area contributed by atoms with Crippen LogP contribution in [0.4, 0.5) is 0 Å². The first-order valence-electron chi connectivity index (χ1n) is 3.84. The summed E-state index contributed by atoms with van der Waals surface area (Å²) >= 11 is 0. The Balaban J connectivity index is 3.02. The van der Waals surface area contributed by atoms with Gasteiger partial charge in [0.25, 0.3) is 0 Å². The zero-order chi connectivity index (χ0) is 8.97. The lowest BCUT2D eigenvalue weighted by atomic mass is 10.2. The largest absolute Gasteiger partial charge is 0.504 e. The average molecular weight is 168 g/mol. The lowest BCUT2D eigenvalue weighted by molar-refractivity contribution is 0.261. The molecule has 0 fully saturated rings. The summed E-state index contributed by atoms with van der Waals surface area (Å²) in [4.78, 5) is 0. The molecule has 0 aliphatic carbocycles. The number of phenols is 1. The first-order chi connectivity index (χ1) is 5.79. The number of aromatic hydroxyl groups is 1. The minimum Gasteiger partial charge on any atom is -0.504 e. The van der Waals surface area contributed by atoms with E-state index in [9.17, 15) is 5.11 Å². The third-order valence-electron chi connectivity index (χ3n) is 1.53. The Morgan fingerprint density at radius 2 is 2.17 bits per heavy atom. The topological polar surface area (TPSA) is 49.7 Å². The lowest BCUT2D eigenvalue weighted by Gasteiger charge is -2.09. The number of ether oxygens (including phenoxy) is 1. The highest BCUT2D eigenvalue weighted by atomic mass is 16.5. The first-order valence-corrected chi connectivity index (χ1v) is 3.84. The van der Waals surface area contributed by atoms with Gasteiger partial charge in [-0.15, -0.1) is 0 Å². The van der Waals surface area contributed by atoms with Crippen molar-refractivity contribution in [3.05, 3.63) is 23.8 Å². The Hall–Kier alpha value is -1.22. The second-order valence-electron chi connectivity index (χ2n) is 2.36. The molecule has 0 aliphatic heterocycles. The average Bonchev–Trinajstić information content (AvgIpc) is 2.09. The van der Waals surface area contributed by atoms with Crippen molar-refractivity contribution in [2.45, 2.75) is 13.5 Å². The highest BCUT2D eigenvalue weighted by Crippen LogP contribution is 2.29. The van der Waals surface area contributed by atoms with Gasteiger partial charge in [-0.3, -0.25) is 0 Å². The number of phenolic OH excluding ortho intramolecular Hbond substituents is 1. The molecule has 66 valence electrons. The maximum atomic E-state index is 9.32. The fourth-order valence-corrected chi connectivity index (χ4v) is 1.01. The van der Waals surface area contributed by atoms with E-state index in [-0.39, 0.29) is 12.4 Å². The van der Waals surface area contributed by atoms with Crippen molar-refractivity contribution in [3.8, 4) is 11.5 Å². The number of rotatable bonds is 3. The van der Waals surface area contributed by atoms with Gasteiger partial charge in [-0.05, 0) is 13.0 Å². The van der Waals surface area contributed by atoms with E-state index in [0.717, 1.165) is 0 Å². The third kappa shape index (κ3) is 1.68. The van der Waals surface area contributed by atoms with E-state index in [2.05, 4.69) is 0 Å². The smallest absolute Gasteiger partial charge is 0.166 e. The summed E-state index contributed by atoms with van der Waals surface area (Å²) in [5.74, 6) is 0.450. The highest BCUT2D eigenvalue weighted by Gasteiger charge is 2.06. The Morgan fingerprint density at radius 3 is 2.75 bits per heavy atom. The maximum Gasteiger partial charge on any atom is 0.166 e. The standard InChI is InChI=1S/C9H12O3/c1-2-12-9-7(6-10)4-3-5-8(9)11/h3-5,10-11H,2,6H2,1H3. The molecule has 2 N–H and O–H groups in total. The van der Waals surface area contributed by atoms with Crippen LogP contribution in [0.5, 0.6) is 11.5 Å². The molecular formula is C9H12O3. The predicted molar refractivity (Wildman–Crippen MR) is 45.2 cm³/mol. The summed E-state index contributed by atoms with van der Waals surface area (Å²) in [6.45, 7) is 2.18. The molecule has 0 radical (unpaired) electrons. The maximum absolute atomic E-state index is 9.32. The Morgan fingerprint density at radius 1 is 1.42 bits per heavy atom. The van der Waals surface area contributed by atoms with Gasteiger partial charge in [0.05, 0.1) is 13.2 Å². The van der Waals surface area contributed by atoms with Crippen molar-refractivity contribution in [2.24, 2.45) is 0 Å². The van der Waals surface area contributed by atoms with Crippen molar-refractivity contribution < 1.29 is 14.9 Å². The summed E-state index contributed by atoms with van der Waals surface area (Å²) in [5.41, 5.74) is 0.608. The van der Waals surface area contributed by atoms with Crippen LogP contribution in [0.1, 0.15) is 12.5 Å². The van der Waals surface area contributed by atoms with Crippen LogP contribution in [0.2, 0.25) is 0 Å². The predicted octanol–water partition coefficient (Wildman–Crippen LogP) is 1.28. The van der Waals surface area contributed by atoms with Gasteiger partial charge in [0.1, 0.15) is 0 Å². The van der Waals surface area contributed by atoms with Gasteiger partial charge in [0, 0.05) is 5.56 Å². The molecule has 0 amide bonds. The molecule has 0 aliphatic rings. The summed E-state index contributed by atoms with van der Waals surface area (Å²) in [7, 11) is 0. The Labute approximate surface area is 71.2 Å². The van der Waals surface area contributed by atoms with Gasteiger partial charge in [-0.2, -0.15) is 0 Å². The number of benzene rings is 1. The van der Waals surface area contributed by atoms with Crippen molar-refractivity contribution in [2.75, 3.05) is 6.61 Å². The lowest BCUT2D eigenvalue weighted by Crippen LogP contribution is -1.96. The summed E-state index contributed by atoms with van der Waals surface area (Å²) < 4.78 is 5.15. The van der Waals surface area contributed by atoms with E-state index in [1.807, 2.05) is 6.92 Å². The molecule has 1 aromatic carbocycles. The fraction of sp³-hybridized carbons (Fsp3) is 0.333. The zero-order valence-electron chi connectivity index (χ0n) is 6.95. The molecule has 0 saturated carbocycles. The molecule has 3 heteroatoms. The molecule has 1 rings (SSSR count). The highest BCUT2D eigenvalue weighted by molar-refractivity contribution is 5.45. The molecular weight excluding hydrogens is 156 g/mol. The van der Waals surface area contributed by atoms with Crippen LogP contribution in [-0.2, 0) is 6.61 Å². The van der Waals surface area contributed by atoms with Gasteiger partial charge in [0.2, 0.25) is 0 Å². The van der Waals surface area contributed by atoms with Crippen molar-refractivity contribution in [1.29, 1.82) is 0 Å². The van der Waals surface area contributed by atoms with Crippen LogP contribution in [0.3, 0.4) is 0 Å². The molecule has 0 aromatic heterocycles. The van der Waals surface area contributed by atoms with Crippen LogP contribution >= 0.6 is 0 Å². The second-order valence-corrected chi connectivity index (χ2v) is 2.36. The molecule has 0 atom stereocenters. The van der Waals surface area contributed by atoms with Gasteiger partial charge in [-0.25, -0.2) is 0 Å².